The second-order valence-corrected chi connectivity index (χ2v) is 7.56. The van der Waals surface area contributed by atoms with Gasteiger partial charge in [-0.05, 0) is 36.2 Å². The van der Waals surface area contributed by atoms with Gasteiger partial charge in [0.1, 0.15) is 0 Å². The zero-order valence-corrected chi connectivity index (χ0v) is 15.4. The van der Waals surface area contributed by atoms with E-state index in [0.29, 0.717) is 5.02 Å². The van der Waals surface area contributed by atoms with Crippen LogP contribution in [0.1, 0.15) is 31.4 Å². The molecule has 0 saturated heterocycles. The van der Waals surface area contributed by atoms with Crippen molar-refractivity contribution in [1.29, 1.82) is 0 Å². The van der Waals surface area contributed by atoms with Crippen molar-refractivity contribution in [2.75, 3.05) is 5.32 Å². The first-order chi connectivity index (χ1) is 12.1. The van der Waals surface area contributed by atoms with Crippen molar-refractivity contribution in [1.82, 2.24) is 5.32 Å². The largest absolute Gasteiger partial charge is 0.349 e. The maximum absolute atomic E-state index is 12.4. The van der Waals surface area contributed by atoms with Gasteiger partial charge in [0, 0.05) is 16.3 Å². The highest BCUT2D eigenvalue weighted by molar-refractivity contribution is 8.01. The summed E-state index contributed by atoms with van der Waals surface area (Å²) in [4.78, 5) is 25.7. The third-order valence-electron chi connectivity index (χ3n) is 4.09. The summed E-state index contributed by atoms with van der Waals surface area (Å²) in [6.07, 6.45) is 0.912. The van der Waals surface area contributed by atoms with Crippen LogP contribution in [0.3, 0.4) is 0 Å². The van der Waals surface area contributed by atoms with Gasteiger partial charge in [0.2, 0.25) is 11.8 Å². The molecule has 0 saturated carbocycles. The molecule has 0 radical (unpaired) electrons. The maximum atomic E-state index is 12.4. The number of halogens is 1. The molecule has 0 spiro atoms. The van der Waals surface area contributed by atoms with Gasteiger partial charge in [-0.3, -0.25) is 9.59 Å². The maximum Gasteiger partial charge on any atom is 0.238 e. The van der Waals surface area contributed by atoms with Crippen LogP contribution in [0.15, 0.2) is 53.4 Å². The van der Waals surface area contributed by atoms with Gasteiger partial charge in [-0.2, -0.15) is 0 Å². The van der Waals surface area contributed by atoms with Gasteiger partial charge in [-0.1, -0.05) is 42.8 Å². The fourth-order valence-corrected chi connectivity index (χ4v) is 4.00. The molecule has 4 nitrogen and oxygen atoms in total. The second-order valence-electron chi connectivity index (χ2n) is 5.88. The van der Waals surface area contributed by atoms with Crippen LogP contribution < -0.4 is 10.6 Å². The number of fused-ring (bicyclic) bond motifs is 1. The molecule has 1 aliphatic heterocycles. The Kier molecular flexibility index (Phi) is 5.66. The first-order valence-electron chi connectivity index (χ1n) is 8.18. The predicted octanol–water partition coefficient (Wildman–Crippen LogP) is 4.41. The third kappa shape index (κ3) is 4.35. The fraction of sp³-hybridized carbons (Fsp3) is 0.263. The smallest absolute Gasteiger partial charge is 0.238 e. The van der Waals surface area contributed by atoms with Crippen molar-refractivity contribution in [3.63, 3.8) is 0 Å². The number of nitrogens with one attached hydrogen (secondary N) is 2. The third-order valence-corrected chi connectivity index (χ3v) is 5.62. The number of benzene rings is 2. The summed E-state index contributed by atoms with van der Waals surface area (Å²) in [5.74, 6) is -0.257. The molecule has 1 heterocycles. The normalized spacial score (nSPS) is 17.4. The topological polar surface area (TPSA) is 58.2 Å². The molecule has 6 heteroatoms. The Morgan fingerprint density at radius 2 is 1.96 bits per heavy atom. The molecule has 1 aliphatic rings. The standard InChI is InChI=1S/C19H19ClN2O2S/c1-2-14(12-7-9-13(20)10-8-12)21-18(23)11-17-19(24)22-15-5-3-4-6-16(15)25-17/h3-10,14,17H,2,11H2,1H3,(H,21,23)(H,22,24)/t14-,17+/m1/s1. The molecule has 0 fully saturated rings. The summed E-state index contributed by atoms with van der Waals surface area (Å²) in [6, 6.07) is 15.0. The van der Waals surface area contributed by atoms with Gasteiger partial charge < -0.3 is 10.6 Å². The van der Waals surface area contributed by atoms with Crippen LogP contribution in [0, 0.1) is 0 Å². The van der Waals surface area contributed by atoms with Crippen molar-refractivity contribution >= 4 is 40.9 Å². The van der Waals surface area contributed by atoms with Gasteiger partial charge in [0.25, 0.3) is 0 Å². The van der Waals surface area contributed by atoms with Crippen LogP contribution in [0.4, 0.5) is 5.69 Å². The highest BCUT2D eigenvalue weighted by Crippen LogP contribution is 2.36. The summed E-state index contributed by atoms with van der Waals surface area (Å²) < 4.78 is 0. The van der Waals surface area contributed by atoms with Gasteiger partial charge in [-0.15, -0.1) is 11.8 Å². The first-order valence-corrected chi connectivity index (χ1v) is 9.44. The van der Waals surface area contributed by atoms with Crippen molar-refractivity contribution in [3.05, 3.63) is 59.1 Å². The monoisotopic (exact) mass is 374 g/mol. The number of anilines is 1. The van der Waals surface area contributed by atoms with Crippen molar-refractivity contribution in [2.45, 2.75) is 36.0 Å². The van der Waals surface area contributed by atoms with E-state index in [4.69, 9.17) is 11.6 Å². The highest BCUT2D eigenvalue weighted by Gasteiger charge is 2.29. The average Bonchev–Trinajstić information content (AvgIpc) is 2.61. The molecule has 0 bridgehead atoms. The van der Waals surface area contributed by atoms with E-state index in [9.17, 15) is 9.59 Å². The van der Waals surface area contributed by atoms with E-state index in [2.05, 4.69) is 10.6 Å². The van der Waals surface area contributed by atoms with E-state index in [1.54, 1.807) is 0 Å². The zero-order valence-electron chi connectivity index (χ0n) is 13.8. The molecule has 2 atom stereocenters. The molecule has 2 amide bonds. The van der Waals surface area contributed by atoms with Gasteiger partial charge >= 0.3 is 0 Å². The Balaban J connectivity index is 1.64. The van der Waals surface area contributed by atoms with Crippen LogP contribution in [0.2, 0.25) is 5.02 Å². The Labute approximate surface area is 156 Å². The summed E-state index contributed by atoms with van der Waals surface area (Å²) >= 11 is 7.35. The highest BCUT2D eigenvalue weighted by atomic mass is 35.5. The van der Waals surface area contributed by atoms with Crippen molar-refractivity contribution < 1.29 is 9.59 Å². The van der Waals surface area contributed by atoms with Gasteiger partial charge in [0.15, 0.2) is 0 Å². The van der Waals surface area contributed by atoms with Gasteiger partial charge in [-0.25, -0.2) is 0 Å². The van der Waals surface area contributed by atoms with Crippen LogP contribution >= 0.6 is 23.4 Å². The number of hydrogen-bond donors (Lipinski definition) is 2. The lowest BCUT2D eigenvalue weighted by Gasteiger charge is -2.24. The number of para-hydroxylation sites is 1. The summed E-state index contributed by atoms with van der Waals surface area (Å²) in [6.45, 7) is 2.01. The minimum atomic E-state index is -0.419. The molecule has 3 rings (SSSR count). The molecule has 130 valence electrons. The zero-order chi connectivity index (χ0) is 17.8. The molecule has 0 unspecified atom stereocenters. The minimum Gasteiger partial charge on any atom is -0.349 e. The SMILES string of the molecule is CC[C@@H](NC(=O)C[C@@H]1Sc2ccccc2NC1=O)c1ccc(Cl)cc1. The Hall–Kier alpha value is -1.98. The molecule has 2 aromatic rings. The van der Waals surface area contributed by atoms with Crippen LogP contribution in [-0.4, -0.2) is 17.1 Å². The fourth-order valence-electron chi connectivity index (χ4n) is 2.76. The van der Waals surface area contributed by atoms with E-state index in [1.807, 2.05) is 55.5 Å². The Bertz CT molecular complexity index is 779. The molecular formula is C19H19ClN2O2S. The summed E-state index contributed by atoms with van der Waals surface area (Å²) in [7, 11) is 0. The number of carbonyl (C=O) groups is 2. The summed E-state index contributed by atoms with van der Waals surface area (Å²) in [5, 5.41) is 6.13. The lowest BCUT2D eigenvalue weighted by Crippen LogP contribution is -2.36. The number of carbonyl (C=O) groups excluding carboxylic acids is 2. The first kappa shape index (κ1) is 17.8. The lowest BCUT2D eigenvalue weighted by atomic mass is 10.0. The number of amides is 2. The minimum absolute atomic E-state index is 0.0892. The molecule has 0 aromatic heterocycles. The molecule has 0 aliphatic carbocycles. The second kappa shape index (κ2) is 7.93. The lowest BCUT2D eigenvalue weighted by molar-refractivity contribution is -0.124. The van der Waals surface area contributed by atoms with Crippen LogP contribution in [0.5, 0.6) is 0 Å². The Morgan fingerprint density at radius 3 is 2.68 bits per heavy atom. The van der Waals surface area contributed by atoms with E-state index in [-0.39, 0.29) is 24.3 Å². The molecular weight excluding hydrogens is 356 g/mol. The van der Waals surface area contributed by atoms with Crippen molar-refractivity contribution in [2.24, 2.45) is 0 Å². The van der Waals surface area contributed by atoms with Crippen molar-refractivity contribution in [3.8, 4) is 0 Å². The number of hydrogen-bond acceptors (Lipinski definition) is 3. The van der Waals surface area contributed by atoms with E-state index in [1.165, 1.54) is 11.8 Å². The van der Waals surface area contributed by atoms with Crippen LogP contribution in [-0.2, 0) is 9.59 Å². The van der Waals surface area contributed by atoms with E-state index < -0.39 is 5.25 Å². The molecule has 2 N–H and O–H groups in total. The van der Waals surface area contributed by atoms with Crippen LogP contribution in [0.25, 0.3) is 0 Å². The summed E-state index contributed by atoms with van der Waals surface area (Å²) in [5.41, 5.74) is 1.81. The quantitative estimate of drug-likeness (QED) is 0.814. The van der Waals surface area contributed by atoms with Gasteiger partial charge in [0.05, 0.1) is 17.0 Å². The van der Waals surface area contributed by atoms with E-state index in [0.717, 1.165) is 22.6 Å². The molecule has 2 aromatic carbocycles. The average molecular weight is 375 g/mol. The Morgan fingerprint density at radius 1 is 1.24 bits per heavy atom. The molecule has 25 heavy (non-hydrogen) atoms. The predicted molar refractivity (Wildman–Crippen MR) is 102 cm³/mol. The van der Waals surface area contributed by atoms with E-state index >= 15 is 0 Å². The number of rotatable bonds is 5. The number of thioether (sulfide) groups is 1.